The van der Waals surface area contributed by atoms with E-state index in [-0.39, 0.29) is 0 Å². The molecule has 0 unspecified atom stereocenters. The third-order valence-corrected chi connectivity index (χ3v) is 4.40. The first-order valence-corrected chi connectivity index (χ1v) is 8.11. The highest BCUT2D eigenvalue weighted by molar-refractivity contribution is 9.10. The normalized spacial score (nSPS) is 17.0. The van der Waals surface area contributed by atoms with Crippen molar-refractivity contribution in [2.24, 2.45) is 0 Å². The number of hydrogen-bond acceptors (Lipinski definition) is 3. The highest BCUT2D eigenvalue weighted by Gasteiger charge is 2.14. The second-order valence-corrected chi connectivity index (χ2v) is 6.59. The monoisotopic (exact) mass is 345 g/mol. The minimum Gasteiger partial charge on any atom is -0.304 e. The Balaban J connectivity index is 1.74. The van der Waals surface area contributed by atoms with E-state index in [9.17, 15) is 0 Å². The number of nitrogens with zero attached hydrogens (tertiary/aromatic N) is 3. The molecule has 1 aromatic heterocycles. The molecule has 2 heterocycles. The molecule has 3 nitrogen and oxygen atoms in total. The van der Waals surface area contributed by atoms with Gasteiger partial charge in [0.2, 0.25) is 0 Å². The van der Waals surface area contributed by atoms with Gasteiger partial charge in [0.15, 0.2) is 0 Å². The number of hydrogen-bond donors (Lipinski definition) is 0. The van der Waals surface area contributed by atoms with Crippen LogP contribution in [-0.2, 0) is 6.54 Å². The van der Waals surface area contributed by atoms with Crippen molar-refractivity contribution >= 4 is 15.9 Å². The third kappa shape index (κ3) is 3.90. The molecule has 0 radical (unpaired) electrons. The lowest BCUT2D eigenvalue weighted by atomic mass is 10.0. The SMILES string of the molecule is CN1CCN(Cc2cccc(-c3cncc(Br)c3)c2)CC1. The minimum absolute atomic E-state index is 1.02. The Hall–Kier alpha value is -1.23. The molecule has 1 aliphatic heterocycles. The van der Waals surface area contributed by atoms with Crippen molar-refractivity contribution in [3.8, 4) is 11.1 Å². The number of likely N-dealkylation sites (N-methyl/N-ethyl adjacent to an activating group) is 1. The van der Waals surface area contributed by atoms with Gasteiger partial charge in [-0.25, -0.2) is 0 Å². The zero-order valence-electron chi connectivity index (χ0n) is 12.3. The molecule has 1 aliphatic rings. The predicted molar refractivity (Wildman–Crippen MR) is 90.1 cm³/mol. The number of rotatable bonds is 3. The van der Waals surface area contributed by atoms with E-state index in [1.165, 1.54) is 11.1 Å². The Bertz CT molecular complexity index is 606. The molecule has 1 saturated heterocycles. The van der Waals surface area contributed by atoms with Crippen molar-refractivity contribution in [2.45, 2.75) is 6.54 Å². The van der Waals surface area contributed by atoms with Crippen LogP contribution in [-0.4, -0.2) is 48.0 Å². The van der Waals surface area contributed by atoms with Gasteiger partial charge >= 0.3 is 0 Å². The van der Waals surface area contributed by atoms with E-state index in [1.807, 2.05) is 12.4 Å². The zero-order valence-corrected chi connectivity index (χ0v) is 13.9. The summed E-state index contributed by atoms with van der Waals surface area (Å²) < 4.78 is 1.02. The van der Waals surface area contributed by atoms with Gasteiger partial charge < -0.3 is 4.90 Å². The highest BCUT2D eigenvalue weighted by atomic mass is 79.9. The van der Waals surface area contributed by atoms with Crippen molar-refractivity contribution in [3.05, 3.63) is 52.8 Å². The lowest BCUT2D eigenvalue weighted by Crippen LogP contribution is -2.43. The molecule has 0 atom stereocenters. The number of halogens is 1. The molecule has 0 amide bonds. The molecule has 0 bridgehead atoms. The summed E-state index contributed by atoms with van der Waals surface area (Å²) in [6, 6.07) is 10.9. The Morgan fingerprint density at radius 1 is 1.05 bits per heavy atom. The van der Waals surface area contributed by atoms with Gasteiger partial charge in [0.05, 0.1) is 0 Å². The summed E-state index contributed by atoms with van der Waals surface area (Å²) in [5.41, 5.74) is 3.76. The first-order chi connectivity index (χ1) is 10.2. The molecule has 21 heavy (non-hydrogen) atoms. The average Bonchev–Trinajstić information content (AvgIpc) is 2.50. The molecular formula is C17H20BrN3. The maximum absolute atomic E-state index is 4.25. The summed E-state index contributed by atoms with van der Waals surface area (Å²) in [5, 5.41) is 0. The Morgan fingerprint density at radius 2 is 1.86 bits per heavy atom. The van der Waals surface area contributed by atoms with Crippen LogP contribution in [0.1, 0.15) is 5.56 Å². The van der Waals surface area contributed by atoms with Gasteiger partial charge in [-0.2, -0.15) is 0 Å². The minimum atomic E-state index is 1.02. The average molecular weight is 346 g/mol. The summed E-state index contributed by atoms with van der Waals surface area (Å²) in [6.07, 6.45) is 3.73. The molecule has 1 fully saturated rings. The van der Waals surface area contributed by atoms with Gasteiger partial charge in [-0.3, -0.25) is 9.88 Å². The van der Waals surface area contributed by atoms with Crippen LogP contribution in [0.4, 0.5) is 0 Å². The van der Waals surface area contributed by atoms with E-state index < -0.39 is 0 Å². The van der Waals surface area contributed by atoms with Crippen LogP contribution in [0.15, 0.2) is 47.2 Å². The van der Waals surface area contributed by atoms with E-state index >= 15 is 0 Å². The van der Waals surface area contributed by atoms with Gasteiger partial charge in [0.25, 0.3) is 0 Å². The molecule has 2 aromatic rings. The van der Waals surface area contributed by atoms with E-state index in [2.05, 4.69) is 68.1 Å². The van der Waals surface area contributed by atoms with Crippen molar-refractivity contribution in [2.75, 3.05) is 33.2 Å². The summed E-state index contributed by atoms with van der Waals surface area (Å²) >= 11 is 3.49. The summed E-state index contributed by atoms with van der Waals surface area (Å²) in [4.78, 5) is 9.17. The topological polar surface area (TPSA) is 19.4 Å². The predicted octanol–water partition coefficient (Wildman–Crippen LogP) is 3.26. The van der Waals surface area contributed by atoms with E-state index in [1.54, 1.807) is 0 Å². The molecule has 110 valence electrons. The standard InChI is InChI=1S/C17H20BrN3/c1-20-5-7-21(8-6-20)13-14-3-2-4-15(9-14)16-10-17(18)12-19-11-16/h2-4,9-12H,5-8,13H2,1H3. The van der Waals surface area contributed by atoms with Gasteiger partial charge in [-0.15, -0.1) is 0 Å². The molecule has 0 N–H and O–H groups in total. The third-order valence-electron chi connectivity index (χ3n) is 3.97. The first-order valence-electron chi connectivity index (χ1n) is 7.31. The molecule has 0 aliphatic carbocycles. The van der Waals surface area contributed by atoms with Crippen LogP contribution in [0.3, 0.4) is 0 Å². The molecule has 4 heteroatoms. The summed E-state index contributed by atoms with van der Waals surface area (Å²) in [7, 11) is 2.19. The van der Waals surface area contributed by atoms with Crippen LogP contribution in [0, 0.1) is 0 Å². The fourth-order valence-corrected chi connectivity index (χ4v) is 3.05. The second-order valence-electron chi connectivity index (χ2n) is 5.67. The Morgan fingerprint density at radius 3 is 2.62 bits per heavy atom. The number of pyridine rings is 1. The van der Waals surface area contributed by atoms with Crippen molar-refractivity contribution in [3.63, 3.8) is 0 Å². The second kappa shape index (κ2) is 6.69. The lowest BCUT2D eigenvalue weighted by molar-refractivity contribution is 0.148. The smallest absolute Gasteiger partial charge is 0.0410 e. The maximum atomic E-state index is 4.25. The number of aromatic nitrogens is 1. The molecule has 3 rings (SSSR count). The van der Waals surface area contributed by atoms with Crippen molar-refractivity contribution < 1.29 is 0 Å². The number of piperazine rings is 1. The van der Waals surface area contributed by atoms with Crippen molar-refractivity contribution in [1.82, 2.24) is 14.8 Å². The highest BCUT2D eigenvalue weighted by Crippen LogP contribution is 2.23. The summed E-state index contributed by atoms with van der Waals surface area (Å²) in [5.74, 6) is 0. The fraction of sp³-hybridized carbons (Fsp3) is 0.353. The quantitative estimate of drug-likeness (QED) is 0.851. The first kappa shape index (κ1) is 14.7. The van der Waals surface area contributed by atoms with E-state index in [0.717, 1.165) is 42.8 Å². The van der Waals surface area contributed by atoms with Crippen LogP contribution >= 0.6 is 15.9 Å². The molecule has 0 spiro atoms. The van der Waals surface area contributed by atoms with Crippen LogP contribution in [0.25, 0.3) is 11.1 Å². The summed E-state index contributed by atoms with van der Waals surface area (Å²) in [6.45, 7) is 5.66. The lowest BCUT2D eigenvalue weighted by Gasteiger charge is -2.32. The van der Waals surface area contributed by atoms with Crippen LogP contribution in [0.5, 0.6) is 0 Å². The fourth-order valence-electron chi connectivity index (χ4n) is 2.68. The zero-order chi connectivity index (χ0) is 14.7. The van der Waals surface area contributed by atoms with Gasteiger partial charge in [-0.05, 0) is 46.2 Å². The van der Waals surface area contributed by atoms with E-state index in [0.29, 0.717) is 0 Å². The Labute approximate surface area is 134 Å². The molecule has 0 saturated carbocycles. The van der Waals surface area contributed by atoms with Crippen molar-refractivity contribution in [1.29, 1.82) is 0 Å². The molecule has 1 aromatic carbocycles. The van der Waals surface area contributed by atoms with Gasteiger partial charge in [0.1, 0.15) is 0 Å². The van der Waals surface area contributed by atoms with Crippen LogP contribution in [0.2, 0.25) is 0 Å². The van der Waals surface area contributed by atoms with Gasteiger partial charge in [0, 0.05) is 55.2 Å². The Kier molecular flexibility index (Phi) is 4.68. The van der Waals surface area contributed by atoms with Gasteiger partial charge in [-0.1, -0.05) is 18.2 Å². The largest absolute Gasteiger partial charge is 0.304 e. The van der Waals surface area contributed by atoms with Crippen LogP contribution < -0.4 is 0 Å². The molecular weight excluding hydrogens is 326 g/mol. The number of benzene rings is 1. The van der Waals surface area contributed by atoms with E-state index in [4.69, 9.17) is 0 Å². The maximum Gasteiger partial charge on any atom is 0.0410 e.